The van der Waals surface area contributed by atoms with Gasteiger partial charge in [0.2, 0.25) is 5.95 Å². The molecule has 2 N–H and O–H groups in total. The maximum absolute atomic E-state index is 13.5. The summed E-state index contributed by atoms with van der Waals surface area (Å²) in [6, 6.07) is 1.84. The van der Waals surface area contributed by atoms with Crippen LogP contribution in [0.5, 0.6) is 0 Å². The molecule has 0 spiro atoms. The summed E-state index contributed by atoms with van der Waals surface area (Å²) in [4.78, 5) is 18.4. The molecule has 0 radical (unpaired) electrons. The first-order valence-electron chi connectivity index (χ1n) is 6.09. The molecule has 0 amide bonds. The van der Waals surface area contributed by atoms with Gasteiger partial charge in [0.15, 0.2) is 17.5 Å². The van der Waals surface area contributed by atoms with Gasteiger partial charge in [-0.1, -0.05) is 0 Å². The Morgan fingerprint density at radius 2 is 1.95 bits per heavy atom. The lowest BCUT2D eigenvalue weighted by atomic mass is 10.2. The molecule has 1 heterocycles. The number of aryl methyl sites for hydroxylation is 1. The molecule has 0 unspecified atom stereocenters. The van der Waals surface area contributed by atoms with Crippen LogP contribution in [0.4, 0.5) is 24.8 Å². The maximum atomic E-state index is 13.5. The molecule has 0 bridgehead atoms. The first kappa shape index (κ1) is 12.7. The van der Waals surface area contributed by atoms with Gasteiger partial charge in [0.1, 0.15) is 0 Å². The molecule has 104 valence electrons. The van der Waals surface area contributed by atoms with Crippen LogP contribution in [0.1, 0.15) is 17.7 Å². The standard InChI is InChI=1S/C13H10F3N3O/c14-7-4-5-9(11(16)10(7)15)18-13-17-8-3-1-2-6(8)12(20)19-13/h4-5H,1-3H2,(H2,17,18,19,20). The lowest BCUT2D eigenvalue weighted by Gasteiger charge is -2.08. The van der Waals surface area contributed by atoms with Gasteiger partial charge < -0.3 is 5.32 Å². The van der Waals surface area contributed by atoms with Crippen molar-refractivity contribution in [2.75, 3.05) is 5.32 Å². The second kappa shape index (κ2) is 4.66. The van der Waals surface area contributed by atoms with Crippen molar-refractivity contribution in [1.82, 2.24) is 9.97 Å². The minimum atomic E-state index is -1.57. The van der Waals surface area contributed by atoms with E-state index < -0.39 is 17.5 Å². The molecule has 1 aromatic heterocycles. The molecule has 4 nitrogen and oxygen atoms in total. The fourth-order valence-electron chi connectivity index (χ4n) is 2.25. The Kier molecular flexibility index (Phi) is 2.96. The van der Waals surface area contributed by atoms with E-state index in [4.69, 9.17) is 0 Å². The average Bonchev–Trinajstić information content (AvgIpc) is 2.88. The molecule has 0 aliphatic heterocycles. The Labute approximate surface area is 111 Å². The van der Waals surface area contributed by atoms with Crippen molar-refractivity contribution >= 4 is 11.6 Å². The third kappa shape index (κ3) is 2.04. The van der Waals surface area contributed by atoms with Crippen LogP contribution in [0.25, 0.3) is 0 Å². The largest absolute Gasteiger partial charge is 0.323 e. The van der Waals surface area contributed by atoms with E-state index in [0.717, 1.165) is 18.6 Å². The second-order valence-corrected chi connectivity index (χ2v) is 4.54. The van der Waals surface area contributed by atoms with E-state index in [1.807, 2.05) is 0 Å². The fraction of sp³-hybridized carbons (Fsp3) is 0.231. The van der Waals surface area contributed by atoms with Gasteiger partial charge in [-0.2, -0.15) is 0 Å². The van der Waals surface area contributed by atoms with Gasteiger partial charge in [-0.15, -0.1) is 0 Å². The fourth-order valence-corrected chi connectivity index (χ4v) is 2.25. The zero-order chi connectivity index (χ0) is 14.3. The summed E-state index contributed by atoms with van der Waals surface area (Å²) in [5.74, 6) is -4.18. The van der Waals surface area contributed by atoms with Gasteiger partial charge in [0, 0.05) is 5.56 Å². The molecule has 0 saturated heterocycles. The molecule has 1 aliphatic rings. The summed E-state index contributed by atoms with van der Waals surface area (Å²) in [7, 11) is 0. The van der Waals surface area contributed by atoms with E-state index in [-0.39, 0.29) is 17.2 Å². The Morgan fingerprint density at radius 1 is 1.15 bits per heavy atom. The van der Waals surface area contributed by atoms with Gasteiger partial charge in [-0.25, -0.2) is 18.2 Å². The highest BCUT2D eigenvalue weighted by Gasteiger charge is 2.18. The summed E-state index contributed by atoms with van der Waals surface area (Å²) < 4.78 is 39.5. The number of fused-ring (bicyclic) bond motifs is 1. The van der Waals surface area contributed by atoms with Gasteiger partial charge in [-0.3, -0.25) is 9.78 Å². The van der Waals surface area contributed by atoms with Crippen molar-refractivity contribution in [2.24, 2.45) is 0 Å². The quantitative estimate of drug-likeness (QED) is 0.831. The van der Waals surface area contributed by atoms with E-state index in [1.165, 1.54) is 0 Å². The van der Waals surface area contributed by atoms with Gasteiger partial charge in [0.05, 0.1) is 11.4 Å². The summed E-state index contributed by atoms with van der Waals surface area (Å²) in [6.07, 6.45) is 2.18. The predicted octanol–water partition coefficient (Wildman–Crippen LogP) is 2.42. The molecule has 2 aromatic rings. The summed E-state index contributed by atoms with van der Waals surface area (Å²) in [5, 5.41) is 2.46. The molecule has 1 aromatic carbocycles. The number of nitrogens with zero attached hydrogens (tertiary/aromatic N) is 1. The first-order chi connectivity index (χ1) is 9.56. The van der Waals surface area contributed by atoms with Crippen molar-refractivity contribution in [2.45, 2.75) is 19.3 Å². The molecular formula is C13H10F3N3O. The summed E-state index contributed by atoms with van der Waals surface area (Å²) in [6.45, 7) is 0. The number of nitrogens with one attached hydrogen (secondary N) is 2. The van der Waals surface area contributed by atoms with Crippen molar-refractivity contribution in [1.29, 1.82) is 0 Å². The number of H-pyrrole nitrogens is 1. The Balaban J connectivity index is 1.98. The van der Waals surface area contributed by atoms with E-state index >= 15 is 0 Å². The van der Waals surface area contributed by atoms with Crippen LogP contribution in [-0.4, -0.2) is 9.97 Å². The molecule has 0 atom stereocenters. The van der Waals surface area contributed by atoms with E-state index in [1.54, 1.807) is 0 Å². The number of aromatic nitrogens is 2. The lowest BCUT2D eigenvalue weighted by molar-refractivity contribution is 0.449. The topological polar surface area (TPSA) is 57.8 Å². The number of halogens is 3. The Bertz CT molecular complexity index is 742. The smallest absolute Gasteiger partial charge is 0.255 e. The maximum Gasteiger partial charge on any atom is 0.255 e. The van der Waals surface area contributed by atoms with Crippen LogP contribution in [-0.2, 0) is 12.8 Å². The number of aromatic amines is 1. The second-order valence-electron chi connectivity index (χ2n) is 4.54. The van der Waals surface area contributed by atoms with Crippen LogP contribution in [0, 0.1) is 17.5 Å². The number of rotatable bonds is 2. The Hall–Kier alpha value is -2.31. The van der Waals surface area contributed by atoms with Crippen LogP contribution < -0.4 is 10.9 Å². The first-order valence-corrected chi connectivity index (χ1v) is 6.09. The Morgan fingerprint density at radius 3 is 2.75 bits per heavy atom. The number of hydrogen-bond acceptors (Lipinski definition) is 3. The summed E-state index contributed by atoms with van der Waals surface area (Å²) >= 11 is 0. The van der Waals surface area contributed by atoms with Gasteiger partial charge in [-0.05, 0) is 31.4 Å². The molecule has 0 saturated carbocycles. The number of benzene rings is 1. The average molecular weight is 281 g/mol. The highest BCUT2D eigenvalue weighted by Crippen LogP contribution is 2.23. The van der Waals surface area contributed by atoms with E-state index in [9.17, 15) is 18.0 Å². The van der Waals surface area contributed by atoms with Crippen LogP contribution in [0.3, 0.4) is 0 Å². The molecule has 20 heavy (non-hydrogen) atoms. The van der Waals surface area contributed by atoms with E-state index in [2.05, 4.69) is 15.3 Å². The third-order valence-corrected chi connectivity index (χ3v) is 3.23. The van der Waals surface area contributed by atoms with Crippen LogP contribution in [0.15, 0.2) is 16.9 Å². The van der Waals surface area contributed by atoms with Crippen LogP contribution in [0.2, 0.25) is 0 Å². The summed E-state index contributed by atoms with van der Waals surface area (Å²) in [5.41, 5.74) is 0.698. The number of anilines is 2. The molecule has 0 fully saturated rings. The minimum absolute atomic E-state index is 0.0144. The minimum Gasteiger partial charge on any atom is -0.323 e. The highest BCUT2D eigenvalue weighted by molar-refractivity contribution is 5.54. The van der Waals surface area contributed by atoms with Crippen molar-refractivity contribution in [3.05, 3.63) is 51.2 Å². The zero-order valence-electron chi connectivity index (χ0n) is 10.3. The molecule has 3 rings (SSSR count). The third-order valence-electron chi connectivity index (χ3n) is 3.23. The van der Waals surface area contributed by atoms with Crippen LogP contribution >= 0.6 is 0 Å². The molecular weight excluding hydrogens is 271 g/mol. The number of hydrogen-bond donors (Lipinski definition) is 2. The normalized spacial score (nSPS) is 13.3. The predicted molar refractivity (Wildman–Crippen MR) is 66.5 cm³/mol. The van der Waals surface area contributed by atoms with Gasteiger partial charge >= 0.3 is 0 Å². The van der Waals surface area contributed by atoms with Crippen molar-refractivity contribution in [3.8, 4) is 0 Å². The lowest BCUT2D eigenvalue weighted by Crippen LogP contribution is -2.16. The van der Waals surface area contributed by atoms with Crippen molar-refractivity contribution in [3.63, 3.8) is 0 Å². The van der Waals surface area contributed by atoms with E-state index in [0.29, 0.717) is 24.1 Å². The molecule has 7 heteroatoms. The van der Waals surface area contributed by atoms with Crippen molar-refractivity contribution < 1.29 is 13.2 Å². The highest BCUT2D eigenvalue weighted by atomic mass is 19.2. The SMILES string of the molecule is O=c1[nH]c(Nc2ccc(F)c(F)c2F)nc2c1CCC2. The monoisotopic (exact) mass is 281 g/mol. The zero-order valence-corrected chi connectivity index (χ0v) is 10.3. The van der Waals surface area contributed by atoms with Gasteiger partial charge in [0.25, 0.3) is 5.56 Å². The molecule has 1 aliphatic carbocycles.